The summed E-state index contributed by atoms with van der Waals surface area (Å²) in [6.07, 6.45) is 6.44. The predicted molar refractivity (Wildman–Crippen MR) is 66.7 cm³/mol. The van der Waals surface area contributed by atoms with Gasteiger partial charge < -0.3 is 15.2 Å². The topological polar surface area (TPSA) is 58.6 Å². The highest BCUT2D eigenvalue weighted by atomic mass is 16.5. The fourth-order valence-corrected chi connectivity index (χ4v) is 2.32. The second kappa shape index (κ2) is 7.67. The van der Waals surface area contributed by atoms with Crippen molar-refractivity contribution in [1.82, 2.24) is 5.32 Å². The normalized spacial score (nSPS) is 18.9. The third-order valence-electron chi connectivity index (χ3n) is 3.49. The Hall–Kier alpha value is -0.610. The smallest absolute Gasteiger partial charge is 0.225 e. The lowest BCUT2D eigenvalue weighted by molar-refractivity contribution is -0.131. The summed E-state index contributed by atoms with van der Waals surface area (Å²) < 4.78 is 5.13. The quantitative estimate of drug-likeness (QED) is 0.666. The Bertz CT molecular complexity index is 225. The van der Waals surface area contributed by atoms with Gasteiger partial charge in [0.15, 0.2) is 0 Å². The molecule has 0 saturated heterocycles. The lowest BCUT2D eigenvalue weighted by Gasteiger charge is -2.32. The molecule has 0 aromatic heterocycles. The second-order valence-electron chi connectivity index (χ2n) is 5.07. The van der Waals surface area contributed by atoms with Gasteiger partial charge in [0.2, 0.25) is 5.91 Å². The maximum absolute atomic E-state index is 12.0. The van der Waals surface area contributed by atoms with Crippen LogP contribution in [0.4, 0.5) is 0 Å². The molecule has 4 heteroatoms. The summed E-state index contributed by atoms with van der Waals surface area (Å²) in [5.41, 5.74) is -0.149. The zero-order valence-corrected chi connectivity index (χ0v) is 10.8. The Kier molecular flexibility index (Phi) is 6.52. The van der Waals surface area contributed by atoms with Gasteiger partial charge in [-0.15, -0.1) is 0 Å². The standard InChI is InChI=1S/C13H25NO3/c1-13(6-3-2-4-7-13)12(16)14-8-5-10-17-11-9-15/h15H,2-11H2,1H3,(H,14,16). The van der Waals surface area contributed by atoms with E-state index >= 15 is 0 Å². The van der Waals surface area contributed by atoms with E-state index in [9.17, 15) is 4.79 Å². The molecule has 0 aromatic rings. The molecule has 1 rings (SSSR count). The van der Waals surface area contributed by atoms with Crippen LogP contribution < -0.4 is 5.32 Å². The van der Waals surface area contributed by atoms with E-state index in [1.165, 1.54) is 19.3 Å². The van der Waals surface area contributed by atoms with E-state index < -0.39 is 0 Å². The number of rotatable bonds is 7. The van der Waals surface area contributed by atoms with Gasteiger partial charge in [-0.3, -0.25) is 4.79 Å². The first-order valence-corrected chi connectivity index (χ1v) is 6.66. The fraction of sp³-hybridized carbons (Fsp3) is 0.923. The van der Waals surface area contributed by atoms with E-state index in [1.54, 1.807) is 0 Å². The molecule has 4 nitrogen and oxygen atoms in total. The van der Waals surface area contributed by atoms with Gasteiger partial charge in [0, 0.05) is 18.6 Å². The number of amides is 1. The van der Waals surface area contributed by atoms with Crippen molar-refractivity contribution in [2.24, 2.45) is 5.41 Å². The largest absolute Gasteiger partial charge is 0.394 e. The average molecular weight is 243 g/mol. The number of hydrogen-bond donors (Lipinski definition) is 2. The minimum absolute atomic E-state index is 0.0600. The average Bonchev–Trinajstić information content (AvgIpc) is 2.34. The molecule has 1 aliphatic carbocycles. The minimum Gasteiger partial charge on any atom is -0.394 e. The van der Waals surface area contributed by atoms with Crippen LogP contribution in [0.2, 0.25) is 0 Å². The van der Waals surface area contributed by atoms with Gasteiger partial charge in [-0.1, -0.05) is 26.2 Å². The van der Waals surface area contributed by atoms with E-state index in [2.05, 4.69) is 12.2 Å². The van der Waals surface area contributed by atoms with Crippen LogP contribution in [0.3, 0.4) is 0 Å². The van der Waals surface area contributed by atoms with Gasteiger partial charge in [-0.25, -0.2) is 0 Å². The summed E-state index contributed by atoms with van der Waals surface area (Å²) in [4.78, 5) is 12.0. The Morgan fingerprint density at radius 3 is 2.65 bits per heavy atom. The molecule has 0 atom stereocenters. The van der Waals surface area contributed by atoms with E-state index in [0.717, 1.165) is 19.3 Å². The summed E-state index contributed by atoms with van der Waals surface area (Å²) in [5.74, 6) is 0.194. The maximum Gasteiger partial charge on any atom is 0.225 e. The van der Waals surface area contributed by atoms with Gasteiger partial charge in [0.25, 0.3) is 0 Å². The van der Waals surface area contributed by atoms with Gasteiger partial charge in [-0.2, -0.15) is 0 Å². The van der Waals surface area contributed by atoms with Crippen LogP contribution in [0.15, 0.2) is 0 Å². The highest BCUT2D eigenvalue weighted by molar-refractivity contribution is 5.82. The van der Waals surface area contributed by atoms with Crippen molar-refractivity contribution >= 4 is 5.91 Å². The highest BCUT2D eigenvalue weighted by Crippen LogP contribution is 2.35. The van der Waals surface area contributed by atoms with E-state index in [1.807, 2.05) is 0 Å². The molecule has 0 aliphatic heterocycles. The number of aliphatic hydroxyl groups is 1. The van der Waals surface area contributed by atoms with Crippen LogP contribution in [-0.4, -0.2) is 37.4 Å². The van der Waals surface area contributed by atoms with Crippen LogP contribution in [-0.2, 0) is 9.53 Å². The summed E-state index contributed by atoms with van der Waals surface area (Å²) in [6.45, 7) is 3.78. The first kappa shape index (κ1) is 14.5. The number of ether oxygens (including phenoxy) is 1. The highest BCUT2D eigenvalue weighted by Gasteiger charge is 2.33. The predicted octanol–water partition coefficient (Wildman–Crippen LogP) is 1.47. The van der Waals surface area contributed by atoms with Crippen molar-refractivity contribution in [2.75, 3.05) is 26.4 Å². The van der Waals surface area contributed by atoms with Crippen molar-refractivity contribution in [3.05, 3.63) is 0 Å². The summed E-state index contributed by atoms with van der Waals surface area (Å²) in [6, 6.07) is 0. The van der Waals surface area contributed by atoms with Crippen LogP contribution in [0.25, 0.3) is 0 Å². The molecular formula is C13H25NO3. The van der Waals surface area contributed by atoms with E-state index in [4.69, 9.17) is 9.84 Å². The van der Waals surface area contributed by atoms with Gasteiger partial charge >= 0.3 is 0 Å². The Labute approximate surface area is 104 Å². The molecule has 0 spiro atoms. The molecule has 0 bridgehead atoms. The number of carbonyl (C=O) groups is 1. The third kappa shape index (κ3) is 5.04. The number of hydrogen-bond acceptors (Lipinski definition) is 3. The molecule has 1 amide bonds. The van der Waals surface area contributed by atoms with Crippen molar-refractivity contribution in [3.8, 4) is 0 Å². The molecule has 0 unspecified atom stereocenters. The van der Waals surface area contributed by atoms with E-state index in [-0.39, 0.29) is 17.9 Å². The zero-order chi connectivity index (χ0) is 12.6. The van der Waals surface area contributed by atoms with Crippen molar-refractivity contribution < 1.29 is 14.6 Å². The molecule has 17 heavy (non-hydrogen) atoms. The van der Waals surface area contributed by atoms with Crippen LogP contribution in [0.1, 0.15) is 45.4 Å². The van der Waals surface area contributed by atoms with Crippen LogP contribution in [0.5, 0.6) is 0 Å². The van der Waals surface area contributed by atoms with Crippen LogP contribution in [0, 0.1) is 5.41 Å². The zero-order valence-electron chi connectivity index (χ0n) is 10.8. The van der Waals surface area contributed by atoms with E-state index in [0.29, 0.717) is 19.8 Å². The lowest BCUT2D eigenvalue weighted by Crippen LogP contribution is -2.40. The molecule has 0 aromatic carbocycles. The summed E-state index contributed by atoms with van der Waals surface area (Å²) >= 11 is 0. The first-order valence-electron chi connectivity index (χ1n) is 6.66. The van der Waals surface area contributed by atoms with Crippen molar-refractivity contribution in [2.45, 2.75) is 45.4 Å². The Balaban J connectivity index is 2.11. The summed E-state index contributed by atoms with van der Waals surface area (Å²) in [5, 5.41) is 11.5. The van der Waals surface area contributed by atoms with Crippen molar-refractivity contribution in [3.63, 3.8) is 0 Å². The monoisotopic (exact) mass is 243 g/mol. The van der Waals surface area contributed by atoms with Gasteiger partial charge in [0.05, 0.1) is 13.2 Å². The maximum atomic E-state index is 12.0. The lowest BCUT2D eigenvalue weighted by atomic mass is 9.75. The SMILES string of the molecule is CC1(C(=O)NCCCOCCO)CCCCC1. The van der Waals surface area contributed by atoms with Gasteiger partial charge in [0.1, 0.15) is 0 Å². The molecule has 1 saturated carbocycles. The third-order valence-corrected chi connectivity index (χ3v) is 3.49. The fourth-order valence-electron chi connectivity index (χ4n) is 2.32. The van der Waals surface area contributed by atoms with Crippen LogP contribution >= 0.6 is 0 Å². The molecule has 100 valence electrons. The number of aliphatic hydroxyl groups excluding tert-OH is 1. The first-order chi connectivity index (χ1) is 8.19. The molecule has 1 fully saturated rings. The Morgan fingerprint density at radius 1 is 1.29 bits per heavy atom. The number of carbonyl (C=O) groups excluding carboxylic acids is 1. The van der Waals surface area contributed by atoms with Crippen molar-refractivity contribution in [1.29, 1.82) is 0 Å². The Morgan fingerprint density at radius 2 is 2.00 bits per heavy atom. The molecule has 1 aliphatic rings. The molecule has 0 heterocycles. The minimum atomic E-state index is -0.149. The number of nitrogens with one attached hydrogen (secondary N) is 1. The van der Waals surface area contributed by atoms with Gasteiger partial charge in [-0.05, 0) is 19.3 Å². The molecule has 0 radical (unpaired) electrons. The summed E-state index contributed by atoms with van der Waals surface area (Å²) in [7, 11) is 0. The molecular weight excluding hydrogens is 218 g/mol. The molecule has 2 N–H and O–H groups in total. The second-order valence-corrected chi connectivity index (χ2v) is 5.07.